The SMILES string of the molecule is CC1=Cc2cc3[nH]c(cc4nc(cc5[nH]c(cc1n2)cc5C)C(C)=C4CCC(=O)[O-])c(CCC(=O)[O-])c3C.CC1=Cc2cc3[nH]c(cc4nc(cc5[nH]c(cc1n2)cc5C)C(C)=C4CCC(=O)[O-])c(CCC(=O)[O-])c3C.CC1=Cc2cc3[nH]c(cc4nc(cc5[nH]c(cc1n2)cc5C)C(C)=C4CCC(=O)[O-])c(CCC(=O)[O-])c3C.[Al+3].[Al+3]. The Kier molecular flexibility index (Phi) is 25.7. The van der Waals surface area contributed by atoms with Crippen molar-refractivity contribution < 1.29 is 59.4 Å². The average molecular weight is 1580 g/mol. The summed E-state index contributed by atoms with van der Waals surface area (Å²) in [5.41, 5.74) is 36.0. The van der Waals surface area contributed by atoms with E-state index in [1.165, 1.54) is 0 Å². The van der Waals surface area contributed by atoms with Crippen LogP contribution in [0.3, 0.4) is 0 Å². The predicted molar refractivity (Wildman–Crippen MR) is 444 cm³/mol. The molecule has 0 spiro atoms. The Morgan fingerprint density at radius 3 is 0.733 bits per heavy atom. The maximum atomic E-state index is 11.3. The van der Waals surface area contributed by atoms with E-state index in [-0.39, 0.29) is 112 Å². The van der Waals surface area contributed by atoms with Crippen molar-refractivity contribution in [2.24, 2.45) is 0 Å². The van der Waals surface area contributed by atoms with Crippen LogP contribution in [0.15, 0.2) is 91.0 Å². The molecule has 6 aliphatic heterocycles. The van der Waals surface area contributed by atoms with Gasteiger partial charge in [0.15, 0.2) is 0 Å². The molecule has 0 radical (unpaired) electrons. The van der Waals surface area contributed by atoms with Crippen LogP contribution >= 0.6 is 0 Å². The Morgan fingerprint density at radius 1 is 0.259 bits per heavy atom. The Hall–Kier alpha value is -12.3. The van der Waals surface area contributed by atoms with Crippen LogP contribution in [0, 0.1) is 41.5 Å². The molecular formula is C90H84Al2N12O12. The third-order valence-electron chi connectivity index (χ3n) is 21.7. The summed E-state index contributed by atoms with van der Waals surface area (Å²) in [7, 11) is 0. The summed E-state index contributed by atoms with van der Waals surface area (Å²) in [6.45, 7) is 23.8. The molecule has 0 unspecified atom stereocenters. The number of allylic oxidation sites excluding steroid dienone is 9. The Labute approximate surface area is 689 Å². The van der Waals surface area contributed by atoms with Crippen LogP contribution in [0.4, 0.5) is 0 Å². The second kappa shape index (κ2) is 35.2. The summed E-state index contributed by atoms with van der Waals surface area (Å²) in [4.78, 5) is 118. The number of nitrogens with one attached hydrogen (secondary N) is 6. The van der Waals surface area contributed by atoms with Gasteiger partial charge in [-0.05, 0) is 370 Å². The maximum Gasteiger partial charge on any atom is 3.00 e. The van der Waals surface area contributed by atoms with Gasteiger partial charge in [0.1, 0.15) is 0 Å². The van der Waals surface area contributed by atoms with Gasteiger partial charge in [-0.3, -0.25) is 0 Å². The number of aromatic amines is 6. The molecule has 24 nitrogen and oxygen atoms in total. The van der Waals surface area contributed by atoms with Gasteiger partial charge < -0.3 is 89.3 Å². The van der Waals surface area contributed by atoms with E-state index in [2.05, 4.69) is 48.1 Å². The number of aliphatic carboxylic acids is 6. The van der Waals surface area contributed by atoms with Gasteiger partial charge in [0, 0.05) is 102 Å². The smallest absolute Gasteiger partial charge is 0.550 e. The molecule has 15 rings (SSSR count). The topological polar surface area (TPSA) is 413 Å². The molecular weight excluding hydrogens is 1500 g/mol. The fraction of sp³-hybridized carbons (Fsp3) is 0.267. The molecule has 0 saturated heterocycles. The molecule has 0 fully saturated rings. The zero-order chi connectivity index (χ0) is 81.4. The molecule has 26 heteroatoms. The first kappa shape index (κ1) is 84.6. The van der Waals surface area contributed by atoms with Gasteiger partial charge in [-0.15, -0.1) is 0 Å². The third-order valence-corrected chi connectivity index (χ3v) is 21.7. The van der Waals surface area contributed by atoms with Gasteiger partial charge in [0.05, 0.1) is 68.3 Å². The Morgan fingerprint density at radius 2 is 0.491 bits per heavy atom. The molecule has 6 aliphatic rings. The van der Waals surface area contributed by atoms with Gasteiger partial charge in [-0.25, -0.2) is 29.9 Å². The first-order valence-corrected chi connectivity index (χ1v) is 37.8. The molecule has 582 valence electrons. The minimum atomic E-state index is -1.13. The number of carbonyl (C=O) groups excluding carboxylic acids is 6. The van der Waals surface area contributed by atoms with Crippen LogP contribution in [0.25, 0.3) is 135 Å². The number of carboxylic acids is 6. The number of H-pyrrole nitrogens is 6. The van der Waals surface area contributed by atoms with Crippen molar-refractivity contribution in [3.8, 4) is 0 Å². The molecule has 6 N–H and O–H groups in total. The van der Waals surface area contributed by atoms with E-state index in [9.17, 15) is 59.4 Å². The van der Waals surface area contributed by atoms with E-state index < -0.39 is 35.8 Å². The third kappa shape index (κ3) is 18.9. The number of carbonyl (C=O) groups is 6. The first-order chi connectivity index (χ1) is 54.3. The van der Waals surface area contributed by atoms with Crippen LogP contribution < -0.4 is 30.6 Å². The fourth-order valence-electron chi connectivity index (χ4n) is 15.3. The molecule has 0 atom stereocenters. The average Bonchev–Trinajstić information content (AvgIpc) is 1.64. The zero-order valence-electron chi connectivity index (χ0n) is 66.6. The summed E-state index contributed by atoms with van der Waals surface area (Å²) < 4.78 is 0. The predicted octanol–water partition coefficient (Wildman–Crippen LogP) is 10.1. The van der Waals surface area contributed by atoms with E-state index in [1.54, 1.807) is 0 Å². The molecule has 15 heterocycles. The largest absolute Gasteiger partial charge is 3.00 e. The number of fused-ring (bicyclic) bond motifs is 24. The minimum absolute atomic E-state index is 0. The summed E-state index contributed by atoms with van der Waals surface area (Å²) in [6.07, 6.45) is 6.99. The molecule has 9 aromatic heterocycles. The molecule has 0 saturated carbocycles. The number of hydrogen-bond donors (Lipinski definition) is 6. The number of hydrogen-bond acceptors (Lipinski definition) is 18. The quantitative estimate of drug-likeness (QED) is 0.0435. The van der Waals surface area contributed by atoms with Gasteiger partial charge in [0.2, 0.25) is 0 Å². The fourth-order valence-corrected chi connectivity index (χ4v) is 15.3. The van der Waals surface area contributed by atoms with Crippen molar-refractivity contribution in [2.45, 2.75) is 160 Å². The van der Waals surface area contributed by atoms with Crippen molar-refractivity contribution in [1.29, 1.82) is 0 Å². The molecule has 0 aromatic carbocycles. The van der Waals surface area contributed by atoms with Crippen molar-refractivity contribution in [2.75, 3.05) is 0 Å². The van der Waals surface area contributed by atoms with E-state index in [0.29, 0.717) is 17.1 Å². The van der Waals surface area contributed by atoms with Crippen LogP contribution in [-0.2, 0) is 48.0 Å². The monoisotopic (exact) mass is 1580 g/mol. The summed E-state index contributed by atoms with van der Waals surface area (Å²) in [5.74, 6) is -6.74. The van der Waals surface area contributed by atoms with E-state index >= 15 is 0 Å². The van der Waals surface area contributed by atoms with Crippen LogP contribution in [0.1, 0.15) is 218 Å². The van der Waals surface area contributed by atoms with Crippen LogP contribution in [0.5, 0.6) is 0 Å². The summed E-state index contributed by atoms with van der Waals surface area (Å²) >= 11 is 0. The van der Waals surface area contributed by atoms with Crippen molar-refractivity contribution in [3.63, 3.8) is 0 Å². The minimum Gasteiger partial charge on any atom is -0.550 e. The Balaban J connectivity index is 0.000000170. The van der Waals surface area contributed by atoms with Gasteiger partial charge in [-0.1, -0.05) is 0 Å². The van der Waals surface area contributed by atoms with E-state index in [0.717, 1.165) is 218 Å². The summed E-state index contributed by atoms with van der Waals surface area (Å²) in [5, 5.41) is 67.8. The normalized spacial score (nSPS) is 12.9. The number of rotatable bonds is 18. The molecule has 0 amide bonds. The molecule has 9 aromatic rings. The van der Waals surface area contributed by atoms with E-state index in [1.807, 2.05) is 174 Å². The maximum absolute atomic E-state index is 11.3. The van der Waals surface area contributed by atoms with Gasteiger partial charge >= 0.3 is 34.7 Å². The van der Waals surface area contributed by atoms with Crippen molar-refractivity contribution in [1.82, 2.24) is 59.8 Å². The number of aromatic nitrogens is 12. The van der Waals surface area contributed by atoms with Gasteiger partial charge in [-0.2, -0.15) is 0 Å². The van der Waals surface area contributed by atoms with Crippen molar-refractivity contribution >= 4 is 205 Å². The first-order valence-electron chi connectivity index (χ1n) is 37.8. The second-order valence-corrected chi connectivity index (χ2v) is 29.8. The van der Waals surface area contributed by atoms with Crippen LogP contribution in [-0.4, -0.2) is 130 Å². The molecule has 0 aliphatic carbocycles. The Bertz CT molecular complexity index is 5780. The molecule has 116 heavy (non-hydrogen) atoms. The van der Waals surface area contributed by atoms with Crippen molar-refractivity contribution in [3.05, 3.63) is 209 Å². The molecule has 24 bridgehead atoms. The van der Waals surface area contributed by atoms with Gasteiger partial charge in [0.25, 0.3) is 0 Å². The van der Waals surface area contributed by atoms with Crippen LogP contribution in [0.2, 0.25) is 0 Å². The second-order valence-electron chi connectivity index (χ2n) is 29.8. The number of nitrogens with zero attached hydrogens (tertiary/aromatic N) is 6. The zero-order valence-corrected chi connectivity index (χ0v) is 68.9. The number of carboxylic acid groups (broad SMARTS) is 6. The summed E-state index contributed by atoms with van der Waals surface area (Å²) in [6, 6.07) is 29.6. The standard InChI is InChI=1S/3C30H30N4O4.2Al/c3*1-15-9-20-12-25-17(3)21(5-7-29(35)36)27(33-25)14-28-22(6-8-30(37)38)18(4)26(34-28)13-24-16(2)10-19(32-24)11-23(15)31-20;;/h3*9-14,32-33H,5-8H2,1-4H3,(H,35,36)(H,37,38);;/q;;;2*+3/p-6. The van der Waals surface area contributed by atoms with E-state index in [4.69, 9.17) is 29.9 Å². The number of aryl methyl sites for hydroxylation is 9.